The molecular formula is C11H9N3PtS. The van der Waals surface area contributed by atoms with E-state index in [1.165, 1.54) is 0 Å². The van der Waals surface area contributed by atoms with Gasteiger partial charge in [-0.25, -0.2) is 4.98 Å². The molecule has 2 aromatic heterocycles. The molecule has 2 rings (SSSR count). The maximum atomic E-state index is 5.51. The van der Waals surface area contributed by atoms with Crippen LogP contribution in [0.4, 0.5) is 0 Å². The topological polar surface area (TPSA) is 51.8 Å². The van der Waals surface area contributed by atoms with Crippen LogP contribution in [0.15, 0.2) is 42.6 Å². The van der Waals surface area contributed by atoms with Crippen LogP contribution in [0.3, 0.4) is 0 Å². The third-order valence-corrected chi connectivity index (χ3v) is 2.14. The minimum Gasteiger partial charge on any atom is -0.388 e. The Labute approximate surface area is 113 Å². The Bertz CT molecular complexity index is 488. The van der Waals surface area contributed by atoms with Crippen molar-refractivity contribution >= 4 is 17.2 Å². The third kappa shape index (κ3) is 2.94. The van der Waals surface area contributed by atoms with Crippen LogP contribution in [0, 0.1) is 0 Å². The van der Waals surface area contributed by atoms with E-state index in [4.69, 9.17) is 18.0 Å². The first-order valence-electron chi connectivity index (χ1n) is 4.45. The summed E-state index contributed by atoms with van der Waals surface area (Å²) in [5.74, 6) is 0. The molecule has 2 N–H and O–H groups in total. The molecule has 0 saturated carbocycles. The number of pyridine rings is 2. The molecule has 2 aromatic rings. The summed E-state index contributed by atoms with van der Waals surface area (Å²) < 4.78 is 0. The van der Waals surface area contributed by atoms with E-state index in [9.17, 15) is 0 Å². The van der Waals surface area contributed by atoms with Gasteiger partial charge in [-0.15, -0.1) is 0 Å². The fraction of sp³-hybridized carbons (Fsp3) is 0. The van der Waals surface area contributed by atoms with Gasteiger partial charge in [0.15, 0.2) is 0 Å². The standard InChI is InChI=1S/C11H9N3S.Pt/c12-11(15)10-6-3-5-9(14-10)8-4-1-2-7-13-8;/h1-7H,(H2,12,15);. The monoisotopic (exact) mass is 410 g/mol. The van der Waals surface area contributed by atoms with E-state index in [1.807, 2.05) is 30.3 Å². The normalized spacial score (nSPS) is 9.25. The number of rotatable bonds is 2. The van der Waals surface area contributed by atoms with E-state index in [-0.39, 0.29) is 21.1 Å². The minimum absolute atomic E-state index is 0. The Morgan fingerprint density at radius 1 is 1.06 bits per heavy atom. The summed E-state index contributed by atoms with van der Waals surface area (Å²) >= 11 is 4.87. The Morgan fingerprint density at radius 3 is 2.44 bits per heavy atom. The van der Waals surface area contributed by atoms with Gasteiger partial charge in [-0.1, -0.05) is 24.4 Å². The predicted molar refractivity (Wildman–Crippen MR) is 63.4 cm³/mol. The minimum atomic E-state index is 0. The predicted octanol–water partition coefficient (Wildman–Crippen LogP) is 1.78. The van der Waals surface area contributed by atoms with Crippen LogP contribution in [0.25, 0.3) is 11.4 Å². The Balaban J connectivity index is 0.00000128. The number of hydrogen-bond donors (Lipinski definition) is 1. The second-order valence-electron chi connectivity index (χ2n) is 2.99. The van der Waals surface area contributed by atoms with Crippen LogP contribution >= 0.6 is 12.2 Å². The molecule has 0 aromatic carbocycles. The second kappa shape index (κ2) is 5.82. The van der Waals surface area contributed by atoms with Crippen molar-refractivity contribution in [2.75, 3.05) is 0 Å². The van der Waals surface area contributed by atoms with Crippen LogP contribution in [-0.4, -0.2) is 15.0 Å². The summed E-state index contributed by atoms with van der Waals surface area (Å²) in [6.07, 6.45) is 1.73. The van der Waals surface area contributed by atoms with Gasteiger partial charge < -0.3 is 5.73 Å². The number of nitrogens with two attached hydrogens (primary N) is 1. The van der Waals surface area contributed by atoms with Crippen LogP contribution in [-0.2, 0) is 21.1 Å². The Kier molecular flexibility index (Phi) is 4.71. The number of thiocarbonyl (C=S) groups is 1. The summed E-state index contributed by atoms with van der Waals surface area (Å²) in [6.45, 7) is 0. The van der Waals surface area contributed by atoms with Crippen molar-refractivity contribution in [1.82, 2.24) is 9.97 Å². The largest absolute Gasteiger partial charge is 0.388 e. The van der Waals surface area contributed by atoms with Gasteiger partial charge in [-0.2, -0.15) is 0 Å². The average molecular weight is 410 g/mol. The molecule has 0 aliphatic carbocycles. The van der Waals surface area contributed by atoms with Crippen LogP contribution in [0.5, 0.6) is 0 Å². The van der Waals surface area contributed by atoms with Gasteiger partial charge in [0.2, 0.25) is 0 Å². The fourth-order valence-electron chi connectivity index (χ4n) is 1.23. The van der Waals surface area contributed by atoms with Gasteiger partial charge in [-0.3, -0.25) is 4.98 Å². The van der Waals surface area contributed by atoms with Gasteiger partial charge in [0, 0.05) is 27.3 Å². The van der Waals surface area contributed by atoms with E-state index in [2.05, 4.69) is 9.97 Å². The smallest absolute Gasteiger partial charge is 0.122 e. The number of aromatic nitrogens is 2. The van der Waals surface area contributed by atoms with E-state index < -0.39 is 0 Å². The zero-order valence-corrected chi connectivity index (χ0v) is 11.3. The molecule has 0 atom stereocenters. The summed E-state index contributed by atoms with van der Waals surface area (Å²) in [4.78, 5) is 8.82. The summed E-state index contributed by atoms with van der Waals surface area (Å²) in [5, 5.41) is 0. The average Bonchev–Trinajstić information content (AvgIpc) is 2.30. The zero-order chi connectivity index (χ0) is 10.7. The zero-order valence-electron chi connectivity index (χ0n) is 8.24. The molecule has 3 nitrogen and oxygen atoms in total. The van der Waals surface area contributed by atoms with E-state index >= 15 is 0 Å². The molecule has 0 bridgehead atoms. The van der Waals surface area contributed by atoms with E-state index in [0.717, 1.165) is 11.4 Å². The van der Waals surface area contributed by atoms with Crippen molar-refractivity contribution in [2.24, 2.45) is 5.73 Å². The number of hydrogen-bond acceptors (Lipinski definition) is 3. The molecule has 0 aliphatic heterocycles. The molecule has 0 unspecified atom stereocenters. The first-order valence-corrected chi connectivity index (χ1v) is 4.86. The van der Waals surface area contributed by atoms with Crippen LogP contribution in [0.2, 0.25) is 0 Å². The molecule has 0 amide bonds. The molecule has 0 fully saturated rings. The molecule has 84 valence electrons. The van der Waals surface area contributed by atoms with E-state index in [0.29, 0.717) is 10.7 Å². The second-order valence-corrected chi connectivity index (χ2v) is 3.43. The van der Waals surface area contributed by atoms with Crippen molar-refractivity contribution < 1.29 is 21.1 Å². The van der Waals surface area contributed by atoms with Gasteiger partial charge in [0.25, 0.3) is 0 Å². The van der Waals surface area contributed by atoms with E-state index in [1.54, 1.807) is 12.3 Å². The van der Waals surface area contributed by atoms with Crippen LogP contribution in [0.1, 0.15) is 5.69 Å². The molecule has 5 heteroatoms. The molecule has 2 heterocycles. The maximum absolute atomic E-state index is 5.51. The van der Waals surface area contributed by atoms with Crippen molar-refractivity contribution in [3.63, 3.8) is 0 Å². The molecular weight excluding hydrogens is 401 g/mol. The van der Waals surface area contributed by atoms with Crippen molar-refractivity contribution in [3.05, 3.63) is 48.3 Å². The maximum Gasteiger partial charge on any atom is 0.122 e. The molecule has 0 aliphatic rings. The molecule has 16 heavy (non-hydrogen) atoms. The van der Waals surface area contributed by atoms with Crippen molar-refractivity contribution in [2.45, 2.75) is 0 Å². The first-order chi connectivity index (χ1) is 7.27. The molecule has 0 saturated heterocycles. The first kappa shape index (κ1) is 12.9. The van der Waals surface area contributed by atoms with Gasteiger partial charge in [-0.05, 0) is 24.3 Å². The Hall–Kier alpha value is -1.12. The molecule has 0 radical (unpaired) electrons. The van der Waals surface area contributed by atoms with Crippen molar-refractivity contribution in [1.29, 1.82) is 0 Å². The summed E-state index contributed by atoms with van der Waals surface area (Å²) in [6, 6.07) is 11.2. The third-order valence-electron chi connectivity index (χ3n) is 1.93. The SMILES string of the molecule is NC(=S)c1cccc(-c2ccccn2)n1.[Pt]. The van der Waals surface area contributed by atoms with Gasteiger partial charge in [0.1, 0.15) is 4.99 Å². The van der Waals surface area contributed by atoms with Crippen LogP contribution < -0.4 is 5.73 Å². The molecule has 0 spiro atoms. The number of nitrogens with zero attached hydrogens (tertiary/aromatic N) is 2. The summed E-state index contributed by atoms with van der Waals surface area (Å²) in [5.41, 5.74) is 7.72. The Morgan fingerprint density at radius 2 is 1.81 bits per heavy atom. The quantitative estimate of drug-likeness (QED) is 0.767. The van der Waals surface area contributed by atoms with Gasteiger partial charge in [0.05, 0.1) is 17.1 Å². The van der Waals surface area contributed by atoms with Gasteiger partial charge >= 0.3 is 0 Å². The summed E-state index contributed by atoms with van der Waals surface area (Å²) in [7, 11) is 0. The van der Waals surface area contributed by atoms with Crippen molar-refractivity contribution in [3.8, 4) is 11.4 Å². The fourth-order valence-corrected chi connectivity index (χ4v) is 1.34.